The second-order valence-corrected chi connectivity index (χ2v) is 8.09. The van der Waals surface area contributed by atoms with Crippen molar-refractivity contribution < 1.29 is 14.3 Å². The fraction of sp³-hybridized carbons (Fsp3) is 0.391. The van der Waals surface area contributed by atoms with Crippen LogP contribution in [0.4, 0.5) is 5.69 Å². The third-order valence-electron chi connectivity index (χ3n) is 5.65. The van der Waals surface area contributed by atoms with Crippen molar-refractivity contribution in [3.63, 3.8) is 0 Å². The number of carbonyl (C=O) groups excluding carboxylic acids is 2. The summed E-state index contributed by atoms with van der Waals surface area (Å²) in [4.78, 5) is 32.6. The summed E-state index contributed by atoms with van der Waals surface area (Å²) in [6, 6.07) is 8.64. The summed E-state index contributed by atoms with van der Waals surface area (Å²) in [5, 5.41) is 8.13. The van der Waals surface area contributed by atoms with E-state index in [1.54, 1.807) is 42.5 Å². The Morgan fingerprint density at radius 3 is 2.65 bits per heavy atom. The van der Waals surface area contributed by atoms with Crippen molar-refractivity contribution in [2.24, 2.45) is 0 Å². The fourth-order valence-electron chi connectivity index (χ4n) is 4.00. The van der Waals surface area contributed by atoms with Gasteiger partial charge in [0.05, 0.1) is 24.6 Å². The topological polar surface area (TPSA) is 89.4 Å². The Morgan fingerprint density at radius 2 is 1.97 bits per heavy atom. The van der Waals surface area contributed by atoms with E-state index >= 15 is 0 Å². The Hall–Kier alpha value is -3.42. The smallest absolute Gasteiger partial charge is 0.256 e. The number of hydrogen-bond donors (Lipinski definition) is 1. The van der Waals surface area contributed by atoms with Crippen LogP contribution in [0.5, 0.6) is 5.75 Å². The molecule has 3 heterocycles. The molecule has 1 N–H and O–H groups in total. The summed E-state index contributed by atoms with van der Waals surface area (Å²) in [5.74, 6) is 0.363. The van der Waals surface area contributed by atoms with Gasteiger partial charge in [0.1, 0.15) is 11.8 Å². The summed E-state index contributed by atoms with van der Waals surface area (Å²) in [5.41, 5.74) is 2.59. The van der Waals surface area contributed by atoms with Crippen LogP contribution in [0.25, 0.3) is 11.0 Å². The molecule has 0 aliphatic carbocycles. The first-order chi connectivity index (χ1) is 14.9. The van der Waals surface area contributed by atoms with E-state index in [1.165, 1.54) is 0 Å². The first-order valence-electron chi connectivity index (χ1n) is 10.5. The Kier molecular flexibility index (Phi) is 5.63. The lowest BCUT2D eigenvalue weighted by Gasteiger charge is -2.24. The minimum absolute atomic E-state index is 0.170. The molecule has 8 nitrogen and oxygen atoms in total. The number of anilines is 1. The van der Waals surface area contributed by atoms with Crippen LogP contribution < -0.4 is 10.1 Å². The zero-order valence-corrected chi connectivity index (χ0v) is 18.3. The number of aromatic nitrogens is 3. The van der Waals surface area contributed by atoms with Gasteiger partial charge in [-0.1, -0.05) is 0 Å². The van der Waals surface area contributed by atoms with Crippen LogP contribution in [0.2, 0.25) is 0 Å². The molecule has 4 rings (SSSR count). The number of rotatable bonds is 5. The number of amides is 2. The van der Waals surface area contributed by atoms with Crippen LogP contribution in [0.1, 0.15) is 48.8 Å². The molecule has 1 aliphatic rings. The fourth-order valence-corrected chi connectivity index (χ4v) is 4.00. The lowest BCUT2D eigenvalue weighted by molar-refractivity contribution is -0.119. The molecule has 0 radical (unpaired) electrons. The van der Waals surface area contributed by atoms with Crippen molar-refractivity contribution >= 4 is 28.5 Å². The number of hydrogen-bond acceptors (Lipinski definition) is 5. The summed E-state index contributed by atoms with van der Waals surface area (Å²) >= 11 is 0. The Bertz CT molecular complexity index is 1120. The van der Waals surface area contributed by atoms with Crippen molar-refractivity contribution in [1.29, 1.82) is 0 Å². The first-order valence-corrected chi connectivity index (χ1v) is 10.5. The minimum atomic E-state index is -0.511. The van der Waals surface area contributed by atoms with Gasteiger partial charge in [0.15, 0.2) is 5.65 Å². The molecule has 3 aromatic rings. The predicted octanol–water partition coefficient (Wildman–Crippen LogP) is 3.57. The maximum atomic E-state index is 13.4. The number of aryl methyl sites for hydroxylation is 1. The van der Waals surface area contributed by atoms with Gasteiger partial charge in [0, 0.05) is 23.7 Å². The Morgan fingerprint density at radius 1 is 1.23 bits per heavy atom. The molecular weight excluding hydrogens is 394 g/mol. The third-order valence-corrected chi connectivity index (χ3v) is 5.65. The number of nitrogens with zero attached hydrogens (tertiary/aromatic N) is 4. The van der Waals surface area contributed by atoms with E-state index in [0.29, 0.717) is 29.9 Å². The molecule has 1 fully saturated rings. The molecule has 1 aliphatic heterocycles. The summed E-state index contributed by atoms with van der Waals surface area (Å²) in [7, 11) is 1.59. The number of fused-ring (bicyclic) bond motifs is 1. The molecule has 31 heavy (non-hydrogen) atoms. The lowest BCUT2D eigenvalue weighted by atomic mass is 10.1. The molecule has 1 saturated heterocycles. The van der Waals surface area contributed by atoms with Crippen LogP contribution in [-0.4, -0.2) is 51.2 Å². The van der Waals surface area contributed by atoms with E-state index in [2.05, 4.69) is 15.4 Å². The molecular formula is C23H27N5O3. The molecule has 1 unspecified atom stereocenters. The van der Waals surface area contributed by atoms with Gasteiger partial charge in [-0.2, -0.15) is 5.10 Å². The van der Waals surface area contributed by atoms with Crippen molar-refractivity contribution in [3.05, 3.63) is 47.8 Å². The van der Waals surface area contributed by atoms with Crippen LogP contribution >= 0.6 is 0 Å². The Labute approximate surface area is 181 Å². The maximum Gasteiger partial charge on any atom is 0.256 e. The number of likely N-dealkylation sites (tertiary alicyclic amines) is 1. The molecule has 8 heteroatoms. The van der Waals surface area contributed by atoms with Gasteiger partial charge in [0.25, 0.3) is 5.91 Å². The molecule has 1 aromatic carbocycles. The number of ether oxygens (including phenoxy) is 1. The number of carbonyl (C=O) groups is 2. The Balaban J connectivity index is 1.55. The summed E-state index contributed by atoms with van der Waals surface area (Å²) in [6.07, 6.45) is 3.15. The quantitative estimate of drug-likeness (QED) is 0.680. The highest BCUT2D eigenvalue weighted by molar-refractivity contribution is 6.03. The zero-order chi connectivity index (χ0) is 22.1. The van der Waals surface area contributed by atoms with Crippen LogP contribution in [0, 0.1) is 6.92 Å². The molecule has 0 bridgehead atoms. The van der Waals surface area contributed by atoms with E-state index in [1.807, 2.05) is 31.5 Å². The van der Waals surface area contributed by atoms with Gasteiger partial charge in [-0.05, 0) is 63.9 Å². The van der Waals surface area contributed by atoms with Gasteiger partial charge in [0.2, 0.25) is 5.91 Å². The van der Waals surface area contributed by atoms with E-state index in [9.17, 15) is 9.59 Å². The van der Waals surface area contributed by atoms with Crippen LogP contribution in [-0.2, 0) is 4.79 Å². The molecule has 0 saturated carbocycles. The maximum absolute atomic E-state index is 13.4. The number of pyridine rings is 1. The van der Waals surface area contributed by atoms with Gasteiger partial charge in [-0.3, -0.25) is 9.59 Å². The molecule has 0 spiro atoms. The number of benzene rings is 1. The van der Waals surface area contributed by atoms with Crippen molar-refractivity contribution in [3.8, 4) is 5.75 Å². The lowest BCUT2D eigenvalue weighted by Crippen LogP contribution is -2.43. The highest BCUT2D eigenvalue weighted by Gasteiger charge is 2.35. The standard InChI is InChI=1S/C23H27N5O3/c1-14(2)28-21-16(13-24-28)12-19(15(3)25-21)23(30)27-11-5-6-20(27)22(29)26-17-7-9-18(31-4)10-8-17/h7-10,12-14,20H,5-6,11H2,1-4H3,(H,26,29). The van der Waals surface area contributed by atoms with Gasteiger partial charge < -0.3 is 15.0 Å². The van der Waals surface area contributed by atoms with Crippen LogP contribution in [0.15, 0.2) is 36.5 Å². The highest BCUT2D eigenvalue weighted by atomic mass is 16.5. The van der Waals surface area contributed by atoms with Gasteiger partial charge in [-0.25, -0.2) is 9.67 Å². The average molecular weight is 422 g/mol. The normalized spacial score (nSPS) is 16.2. The van der Waals surface area contributed by atoms with E-state index in [-0.39, 0.29) is 17.9 Å². The monoisotopic (exact) mass is 421 g/mol. The molecule has 2 aromatic heterocycles. The predicted molar refractivity (Wildman–Crippen MR) is 118 cm³/mol. The third kappa shape index (κ3) is 3.97. The average Bonchev–Trinajstić information content (AvgIpc) is 3.40. The van der Waals surface area contributed by atoms with Crippen LogP contribution in [0.3, 0.4) is 0 Å². The largest absolute Gasteiger partial charge is 0.497 e. The van der Waals surface area contributed by atoms with Crippen molar-refractivity contribution in [2.45, 2.75) is 45.7 Å². The van der Waals surface area contributed by atoms with E-state index in [4.69, 9.17) is 4.74 Å². The minimum Gasteiger partial charge on any atom is -0.497 e. The first kappa shape index (κ1) is 20.8. The summed E-state index contributed by atoms with van der Waals surface area (Å²) in [6.45, 7) is 6.45. The van der Waals surface area contributed by atoms with Gasteiger partial charge in [-0.15, -0.1) is 0 Å². The number of methoxy groups -OCH3 is 1. The second-order valence-electron chi connectivity index (χ2n) is 8.09. The van der Waals surface area contributed by atoms with Crippen molar-refractivity contribution in [2.75, 3.05) is 19.0 Å². The molecule has 2 amide bonds. The van der Waals surface area contributed by atoms with Crippen molar-refractivity contribution in [1.82, 2.24) is 19.7 Å². The van der Waals surface area contributed by atoms with Gasteiger partial charge >= 0.3 is 0 Å². The SMILES string of the molecule is COc1ccc(NC(=O)C2CCCN2C(=O)c2cc3cnn(C(C)C)c3nc2C)cc1. The number of nitrogens with one attached hydrogen (secondary N) is 1. The van der Waals surface area contributed by atoms with E-state index < -0.39 is 6.04 Å². The molecule has 162 valence electrons. The summed E-state index contributed by atoms with van der Waals surface area (Å²) < 4.78 is 6.99. The molecule has 1 atom stereocenters. The highest BCUT2D eigenvalue weighted by Crippen LogP contribution is 2.25. The zero-order valence-electron chi connectivity index (χ0n) is 18.3. The van der Waals surface area contributed by atoms with E-state index in [0.717, 1.165) is 23.2 Å². The second kappa shape index (κ2) is 8.37.